The summed E-state index contributed by atoms with van der Waals surface area (Å²) in [5.41, 5.74) is 2.03. The first kappa shape index (κ1) is 22.0. The fourth-order valence-corrected chi connectivity index (χ4v) is 4.51. The summed E-state index contributed by atoms with van der Waals surface area (Å²) >= 11 is 0. The monoisotopic (exact) mass is 459 g/mol. The molecule has 5 rings (SSSR count). The minimum Gasteiger partial charge on any atom is -0.460 e. The normalized spacial score (nSPS) is 15.6. The number of carbonyl (C=O) groups is 2. The van der Waals surface area contributed by atoms with Gasteiger partial charge in [0.2, 0.25) is 5.91 Å². The number of aromatic nitrogens is 1. The molecule has 1 aliphatic heterocycles. The highest BCUT2D eigenvalue weighted by molar-refractivity contribution is 5.89. The number of urea groups is 1. The number of nitrogens with zero attached hydrogens (tertiary/aromatic N) is 1. The van der Waals surface area contributed by atoms with Crippen LogP contribution in [0.3, 0.4) is 0 Å². The molecule has 0 spiro atoms. The molecular weight excluding hydrogens is 430 g/mol. The van der Waals surface area contributed by atoms with Crippen LogP contribution in [0.4, 0.5) is 4.79 Å². The van der Waals surface area contributed by atoms with Crippen LogP contribution in [0.5, 0.6) is 0 Å². The second kappa shape index (κ2) is 9.23. The first-order valence-corrected chi connectivity index (χ1v) is 11.6. The molecule has 1 fully saturated rings. The summed E-state index contributed by atoms with van der Waals surface area (Å²) < 4.78 is 5.96. The molecule has 2 aromatic carbocycles. The second-order valence-electron chi connectivity index (χ2n) is 8.95. The van der Waals surface area contributed by atoms with Crippen molar-refractivity contribution in [1.82, 2.24) is 25.8 Å². The lowest BCUT2D eigenvalue weighted by Gasteiger charge is -2.30. The van der Waals surface area contributed by atoms with E-state index in [9.17, 15) is 9.59 Å². The zero-order valence-corrected chi connectivity index (χ0v) is 19.2. The average Bonchev–Trinajstić information content (AvgIpc) is 3.56. The molecule has 1 saturated heterocycles. The van der Waals surface area contributed by atoms with E-state index in [2.05, 4.69) is 27.0 Å². The topological polar surface area (TPSA) is 102 Å². The molecule has 1 aliphatic rings. The van der Waals surface area contributed by atoms with Gasteiger partial charge < -0.3 is 24.9 Å². The maximum absolute atomic E-state index is 13.4. The minimum atomic E-state index is -0.892. The van der Waals surface area contributed by atoms with Crippen LogP contribution in [0.25, 0.3) is 21.9 Å². The third-order valence-electron chi connectivity index (χ3n) is 6.46. The molecule has 2 aromatic heterocycles. The van der Waals surface area contributed by atoms with Crippen molar-refractivity contribution >= 4 is 33.8 Å². The molecule has 1 atom stereocenters. The van der Waals surface area contributed by atoms with E-state index in [1.165, 1.54) is 0 Å². The van der Waals surface area contributed by atoms with Gasteiger partial charge in [0.1, 0.15) is 11.3 Å². The Labute approximate surface area is 197 Å². The predicted octanol–water partition coefficient (Wildman–Crippen LogP) is 3.15. The molecular formula is C26H29N5O3. The number of benzene rings is 2. The van der Waals surface area contributed by atoms with Gasteiger partial charge in [-0.2, -0.15) is 0 Å². The predicted molar refractivity (Wildman–Crippen MR) is 131 cm³/mol. The van der Waals surface area contributed by atoms with Crippen LogP contribution < -0.4 is 16.0 Å². The van der Waals surface area contributed by atoms with Gasteiger partial charge in [-0.1, -0.05) is 36.4 Å². The number of furan rings is 1. The summed E-state index contributed by atoms with van der Waals surface area (Å²) in [4.78, 5) is 30.2. The Kier molecular flexibility index (Phi) is 5.98. The summed E-state index contributed by atoms with van der Waals surface area (Å²) in [5.74, 6) is 0.654. The molecule has 4 N–H and O–H groups in total. The van der Waals surface area contributed by atoms with E-state index < -0.39 is 5.54 Å². The van der Waals surface area contributed by atoms with Crippen LogP contribution in [0.15, 0.2) is 65.2 Å². The standard InChI is InChI=1S/C26H29N5O3/c1-26(15-19-16-29-22-8-4-3-7-21(19)22,24(32)27-10-12-31-13-11-28-25(31)33)30-17-20-14-18-6-2-5-9-23(18)34-20/h2-9,14,16,29-30H,10-13,15,17H2,1H3,(H,27,32)(H,28,33). The number of nitrogens with one attached hydrogen (secondary N) is 4. The molecule has 0 bridgehead atoms. The zero-order chi connectivity index (χ0) is 23.5. The van der Waals surface area contributed by atoms with Crippen molar-refractivity contribution in [2.45, 2.75) is 25.4 Å². The van der Waals surface area contributed by atoms with E-state index in [-0.39, 0.29) is 11.9 Å². The number of fused-ring (bicyclic) bond motifs is 2. The Morgan fingerprint density at radius 3 is 2.82 bits per heavy atom. The lowest BCUT2D eigenvalue weighted by Crippen LogP contribution is -2.56. The molecule has 3 heterocycles. The molecule has 3 amide bonds. The summed E-state index contributed by atoms with van der Waals surface area (Å²) in [7, 11) is 0. The highest BCUT2D eigenvalue weighted by atomic mass is 16.3. The van der Waals surface area contributed by atoms with Crippen LogP contribution >= 0.6 is 0 Å². The van der Waals surface area contributed by atoms with Crippen LogP contribution in [0.1, 0.15) is 18.2 Å². The summed E-state index contributed by atoms with van der Waals surface area (Å²) in [5, 5.41) is 11.4. The van der Waals surface area contributed by atoms with E-state index in [1.807, 2.05) is 61.7 Å². The van der Waals surface area contributed by atoms with Crippen molar-refractivity contribution in [3.05, 3.63) is 72.1 Å². The number of aromatic amines is 1. The summed E-state index contributed by atoms with van der Waals surface area (Å²) in [6, 6.07) is 17.9. The maximum Gasteiger partial charge on any atom is 0.317 e. The third kappa shape index (κ3) is 4.49. The van der Waals surface area contributed by atoms with E-state index in [0.29, 0.717) is 39.1 Å². The Morgan fingerprint density at radius 1 is 1.18 bits per heavy atom. The Morgan fingerprint density at radius 2 is 2.00 bits per heavy atom. The fourth-order valence-electron chi connectivity index (χ4n) is 4.51. The lowest BCUT2D eigenvalue weighted by molar-refractivity contribution is -0.127. The lowest BCUT2D eigenvalue weighted by atomic mass is 9.91. The fraction of sp³-hybridized carbons (Fsp3) is 0.308. The third-order valence-corrected chi connectivity index (χ3v) is 6.46. The van der Waals surface area contributed by atoms with E-state index in [1.54, 1.807) is 4.90 Å². The van der Waals surface area contributed by atoms with Crippen molar-refractivity contribution in [1.29, 1.82) is 0 Å². The Bertz CT molecular complexity index is 1290. The summed E-state index contributed by atoms with van der Waals surface area (Å²) in [6.07, 6.45) is 2.46. The maximum atomic E-state index is 13.4. The van der Waals surface area contributed by atoms with Crippen molar-refractivity contribution < 1.29 is 14.0 Å². The molecule has 0 saturated carbocycles. The van der Waals surface area contributed by atoms with E-state index >= 15 is 0 Å². The molecule has 176 valence electrons. The quantitative estimate of drug-likeness (QED) is 0.309. The molecule has 0 aliphatic carbocycles. The molecule has 34 heavy (non-hydrogen) atoms. The number of carbonyl (C=O) groups excluding carboxylic acids is 2. The zero-order valence-electron chi connectivity index (χ0n) is 19.2. The molecule has 8 heteroatoms. The number of H-pyrrole nitrogens is 1. The van der Waals surface area contributed by atoms with Crippen molar-refractivity contribution in [2.75, 3.05) is 26.2 Å². The molecule has 4 aromatic rings. The highest BCUT2D eigenvalue weighted by Gasteiger charge is 2.34. The van der Waals surface area contributed by atoms with Crippen LogP contribution in [-0.4, -0.2) is 53.5 Å². The number of amides is 3. The van der Waals surface area contributed by atoms with Gasteiger partial charge in [-0.25, -0.2) is 4.79 Å². The number of para-hydroxylation sites is 2. The van der Waals surface area contributed by atoms with Crippen LogP contribution in [0.2, 0.25) is 0 Å². The van der Waals surface area contributed by atoms with Gasteiger partial charge in [0, 0.05) is 55.1 Å². The number of hydrogen-bond acceptors (Lipinski definition) is 4. The van der Waals surface area contributed by atoms with Gasteiger partial charge in [0.05, 0.1) is 12.1 Å². The molecule has 0 radical (unpaired) electrons. The smallest absolute Gasteiger partial charge is 0.317 e. The van der Waals surface area contributed by atoms with Crippen LogP contribution in [0, 0.1) is 0 Å². The first-order chi connectivity index (χ1) is 16.5. The van der Waals surface area contributed by atoms with Gasteiger partial charge in [-0.3, -0.25) is 10.1 Å². The van der Waals surface area contributed by atoms with Crippen molar-refractivity contribution in [3.63, 3.8) is 0 Å². The summed E-state index contributed by atoms with van der Waals surface area (Å²) in [6.45, 7) is 4.49. The highest BCUT2D eigenvalue weighted by Crippen LogP contribution is 2.24. The van der Waals surface area contributed by atoms with Gasteiger partial charge >= 0.3 is 6.03 Å². The average molecular weight is 460 g/mol. The molecule has 1 unspecified atom stereocenters. The first-order valence-electron chi connectivity index (χ1n) is 11.6. The van der Waals surface area contributed by atoms with Gasteiger partial charge in [-0.15, -0.1) is 0 Å². The Hall–Kier alpha value is -3.78. The van der Waals surface area contributed by atoms with Gasteiger partial charge in [0.25, 0.3) is 0 Å². The number of hydrogen-bond donors (Lipinski definition) is 4. The van der Waals surface area contributed by atoms with Crippen LogP contribution in [-0.2, 0) is 17.8 Å². The second-order valence-corrected chi connectivity index (χ2v) is 8.95. The Balaban J connectivity index is 1.33. The number of rotatable bonds is 9. The van der Waals surface area contributed by atoms with Crippen molar-refractivity contribution in [2.24, 2.45) is 0 Å². The van der Waals surface area contributed by atoms with Gasteiger partial charge in [-0.05, 0) is 30.7 Å². The molecule has 8 nitrogen and oxygen atoms in total. The van der Waals surface area contributed by atoms with E-state index in [0.717, 1.165) is 33.2 Å². The van der Waals surface area contributed by atoms with Gasteiger partial charge in [0.15, 0.2) is 0 Å². The largest absolute Gasteiger partial charge is 0.460 e. The van der Waals surface area contributed by atoms with Crippen molar-refractivity contribution in [3.8, 4) is 0 Å². The minimum absolute atomic E-state index is 0.0844. The van der Waals surface area contributed by atoms with E-state index in [4.69, 9.17) is 4.42 Å². The SMILES string of the molecule is CC(Cc1c[nH]c2ccccc12)(NCc1cc2ccccc2o1)C(=O)NCCN1CCNC1=O.